The van der Waals surface area contributed by atoms with Crippen molar-refractivity contribution in [3.63, 3.8) is 0 Å². The van der Waals surface area contributed by atoms with Gasteiger partial charge in [-0.15, -0.1) is 0 Å². The van der Waals surface area contributed by atoms with E-state index in [2.05, 4.69) is 9.88 Å². The van der Waals surface area contributed by atoms with Gasteiger partial charge in [-0.3, -0.25) is 0 Å². The highest BCUT2D eigenvalue weighted by atomic mass is 35.5. The molecule has 28 heavy (non-hydrogen) atoms. The maximum absolute atomic E-state index is 11.9. The highest BCUT2D eigenvalue weighted by Gasteiger charge is 2.23. The molecule has 2 aromatic carbocycles. The van der Waals surface area contributed by atoms with Crippen LogP contribution in [0.25, 0.3) is 10.9 Å². The SMILES string of the molecule is NS(=O)(=O)c1ccccc1N1CCN(c2ccc3ccc(Cl)c(Cl)c3n2)CC1. The van der Waals surface area contributed by atoms with Crippen LogP contribution in [0.4, 0.5) is 11.5 Å². The number of primary sulfonamides is 1. The van der Waals surface area contributed by atoms with E-state index in [-0.39, 0.29) is 4.90 Å². The lowest BCUT2D eigenvalue weighted by molar-refractivity contribution is 0.595. The fourth-order valence-corrected chi connectivity index (χ4v) is 4.55. The number of aromatic nitrogens is 1. The van der Waals surface area contributed by atoms with Crippen molar-refractivity contribution in [1.82, 2.24) is 4.98 Å². The van der Waals surface area contributed by atoms with Crippen molar-refractivity contribution < 1.29 is 8.42 Å². The number of pyridine rings is 1. The number of nitrogens with two attached hydrogens (primary N) is 1. The normalized spacial score (nSPS) is 15.2. The third-order valence-corrected chi connectivity index (χ3v) is 6.61. The number of benzene rings is 2. The van der Waals surface area contributed by atoms with Crippen LogP contribution in [0.1, 0.15) is 0 Å². The summed E-state index contributed by atoms with van der Waals surface area (Å²) < 4.78 is 23.7. The van der Waals surface area contributed by atoms with E-state index < -0.39 is 10.0 Å². The summed E-state index contributed by atoms with van der Waals surface area (Å²) in [7, 11) is -3.78. The van der Waals surface area contributed by atoms with Gasteiger partial charge in [0.05, 0.1) is 21.2 Å². The first-order valence-electron chi connectivity index (χ1n) is 8.71. The second-order valence-electron chi connectivity index (χ2n) is 6.59. The van der Waals surface area contributed by atoms with Gasteiger partial charge in [0.25, 0.3) is 0 Å². The molecule has 0 amide bonds. The number of hydrogen-bond acceptors (Lipinski definition) is 5. The van der Waals surface area contributed by atoms with Gasteiger partial charge in [-0.25, -0.2) is 18.5 Å². The summed E-state index contributed by atoms with van der Waals surface area (Å²) in [5, 5.41) is 7.21. The minimum absolute atomic E-state index is 0.147. The van der Waals surface area contributed by atoms with Crippen LogP contribution in [0, 0.1) is 0 Å². The number of halogens is 2. The fraction of sp³-hybridized carbons (Fsp3) is 0.211. The molecule has 146 valence electrons. The lowest BCUT2D eigenvalue weighted by Gasteiger charge is -2.37. The van der Waals surface area contributed by atoms with E-state index in [9.17, 15) is 8.42 Å². The van der Waals surface area contributed by atoms with Gasteiger partial charge < -0.3 is 9.80 Å². The zero-order valence-corrected chi connectivity index (χ0v) is 17.2. The van der Waals surface area contributed by atoms with Crippen LogP contribution in [0.5, 0.6) is 0 Å². The molecule has 0 spiro atoms. The molecule has 0 unspecified atom stereocenters. The van der Waals surface area contributed by atoms with Crippen molar-refractivity contribution in [2.24, 2.45) is 5.14 Å². The third kappa shape index (κ3) is 3.63. The average molecular weight is 437 g/mol. The first-order valence-corrected chi connectivity index (χ1v) is 11.0. The maximum Gasteiger partial charge on any atom is 0.240 e. The van der Waals surface area contributed by atoms with E-state index in [1.54, 1.807) is 18.2 Å². The molecule has 9 heteroatoms. The number of hydrogen-bond donors (Lipinski definition) is 1. The van der Waals surface area contributed by atoms with E-state index in [0.717, 1.165) is 11.2 Å². The summed E-state index contributed by atoms with van der Waals surface area (Å²) in [5.74, 6) is 0.816. The molecule has 6 nitrogen and oxygen atoms in total. The highest BCUT2D eigenvalue weighted by Crippen LogP contribution is 2.31. The molecule has 1 aliphatic heterocycles. The molecule has 0 atom stereocenters. The molecule has 2 heterocycles. The second kappa shape index (κ2) is 7.40. The first-order chi connectivity index (χ1) is 13.3. The van der Waals surface area contributed by atoms with Crippen LogP contribution in [0.15, 0.2) is 53.4 Å². The van der Waals surface area contributed by atoms with E-state index in [0.29, 0.717) is 47.4 Å². The zero-order chi connectivity index (χ0) is 19.9. The second-order valence-corrected chi connectivity index (χ2v) is 8.90. The minimum Gasteiger partial charge on any atom is -0.367 e. The zero-order valence-electron chi connectivity index (χ0n) is 14.8. The number of sulfonamides is 1. The summed E-state index contributed by atoms with van der Waals surface area (Å²) >= 11 is 12.4. The molecule has 1 aliphatic rings. The Morgan fingerprint density at radius 1 is 0.893 bits per heavy atom. The van der Waals surface area contributed by atoms with Crippen LogP contribution < -0.4 is 14.9 Å². The maximum atomic E-state index is 11.9. The van der Waals surface area contributed by atoms with Crippen molar-refractivity contribution in [1.29, 1.82) is 0 Å². The van der Waals surface area contributed by atoms with Crippen LogP contribution in [0.3, 0.4) is 0 Å². The van der Waals surface area contributed by atoms with Gasteiger partial charge in [-0.05, 0) is 30.3 Å². The smallest absolute Gasteiger partial charge is 0.240 e. The van der Waals surface area contributed by atoms with Gasteiger partial charge in [0.1, 0.15) is 10.7 Å². The summed E-state index contributed by atoms with van der Waals surface area (Å²) in [5.41, 5.74) is 1.31. The predicted molar refractivity (Wildman–Crippen MR) is 114 cm³/mol. The molecule has 3 aromatic rings. The van der Waals surface area contributed by atoms with Crippen molar-refractivity contribution in [3.8, 4) is 0 Å². The van der Waals surface area contributed by atoms with Gasteiger partial charge in [0.15, 0.2) is 0 Å². The summed E-state index contributed by atoms with van der Waals surface area (Å²) in [4.78, 5) is 9.01. The van der Waals surface area contributed by atoms with Crippen molar-refractivity contribution >= 4 is 55.6 Å². The molecule has 1 fully saturated rings. The number of para-hydroxylation sites is 1. The minimum atomic E-state index is -3.78. The van der Waals surface area contributed by atoms with Crippen molar-refractivity contribution in [2.75, 3.05) is 36.0 Å². The van der Waals surface area contributed by atoms with Crippen LogP contribution in [0.2, 0.25) is 10.0 Å². The summed E-state index contributed by atoms with van der Waals surface area (Å²) in [6.45, 7) is 2.68. The number of rotatable bonds is 3. The summed E-state index contributed by atoms with van der Waals surface area (Å²) in [6.07, 6.45) is 0. The van der Waals surface area contributed by atoms with Gasteiger partial charge in [-0.1, -0.05) is 41.4 Å². The van der Waals surface area contributed by atoms with E-state index in [4.69, 9.17) is 28.3 Å². The van der Waals surface area contributed by atoms with Gasteiger partial charge in [0, 0.05) is 31.6 Å². The Morgan fingerprint density at radius 3 is 2.25 bits per heavy atom. The Morgan fingerprint density at radius 2 is 1.54 bits per heavy atom. The fourth-order valence-electron chi connectivity index (χ4n) is 3.43. The monoisotopic (exact) mass is 436 g/mol. The number of nitrogens with zero attached hydrogens (tertiary/aromatic N) is 3. The Bertz CT molecular complexity index is 1150. The Labute approximate surface area is 173 Å². The molecule has 1 saturated heterocycles. The Balaban J connectivity index is 1.57. The molecular weight excluding hydrogens is 419 g/mol. The lowest BCUT2D eigenvalue weighted by Crippen LogP contribution is -2.47. The number of anilines is 2. The van der Waals surface area contributed by atoms with E-state index >= 15 is 0 Å². The van der Waals surface area contributed by atoms with Crippen LogP contribution in [-0.2, 0) is 10.0 Å². The Kier molecular flexibility index (Phi) is 5.09. The topological polar surface area (TPSA) is 79.5 Å². The molecule has 0 bridgehead atoms. The molecule has 1 aromatic heterocycles. The van der Waals surface area contributed by atoms with Gasteiger partial charge in [-0.2, -0.15) is 0 Å². The lowest BCUT2D eigenvalue weighted by atomic mass is 10.2. The van der Waals surface area contributed by atoms with E-state index in [1.165, 1.54) is 6.07 Å². The molecule has 4 rings (SSSR count). The quantitative estimate of drug-likeness (QED) is 0.679. The molecular formula is C19H18Cl2N4O2S. The molecule has 0 aliphatic carbocycles. The van der Waals surface area contributed by atoms with Crippen LogP contribution >= 0.6 is 23.2 Å². The van der Waals surface area contributed by atoms with Gasteiger partial charge >= 0.3 is 0 Å². The Hall–Kier alpha value is -2.06. The first kappa shape index (κ1) is 19.3. The largest absolute Gasteiger partial charge is 0.367 e. The highest BCUT2D eigenvalue weighted by molar-refractivity contribution is 7.89. The molecule has 0 radical (unpaired) electrons. The number of piperazine rings is 1. The van der Waals surface area contributed by atoms with E-state index in [1.807, 2.05) is 29.2 Å². The van der Waals surface area contributed by atoms with Crippen molar-refractivity contribution in [3.05, 3.63) is 58.6 Å². The number of fused-ring (bicyclic) bond motifs is 1. The molecule has 2 N–H and O–H groups in total. The van der Waals surface area contributed by atoms with Crippen LogP contribution in [-0.4, -0.2) is 39.6 Å². The van der Waals surface area contributed by atoms with Gasteiger partial charge in [0.2, 0.25) is 10.0 Å². The summed E-state index contributed by atoms with van der Waals surface area (Å²) in [6, 6.07) is 14.4. The average Bonchev–Trinajstić information content (AvgIpc) is 2.70. The van der Waals surface area contributed by atoms with Crippen molar-refractivity contribution in [2.45, 2.75) is 4.90 Å². The standard InChI is InChI=1S/C19H18Cl2N4O2S/c20-14-7-5-13-6-8-17(23-19(13)18(14)21)25-11-9-24(10-12-25)15-3-1-2-4-16(15)28(22,26)27/h1-8H,9-12H2,(H2,22,26,27). The predicted octanol–water partition coefficient (Wildman–Crippen LogP) is 3.52. The molecule has 0 saturated carbocycles. The third-order valence-electron chi connectivity index (χ3n) is 4.85.